The smallest absolute Gasteiger partial charge is 0.308 e. The molecule has 4 unspecified atom stereocenters. The summed E-state index contributed by atoms with van der Waals surface area (Å²) in [6.07, 6.45) is 4.39. The molecule has 3 fully saturated rings. The van der Waals surface area contributed by atoms with Gasteiger partial charge in [-0.1, -0.05) is 44.2 Å². The van der Waals surface area contributed by atoms with Gasteiger partial charge in [-0.2, -0.15) is 0 Å². The van der Waals surface area contributed by atoms with Gasteiger partial charge in [0.05, 0.1) is 6.10 Å². The maximum atomic E-state index is 13.8. The van der Waals surface area contributed by atoms with Gasteiger partial charge in [0.15, 0.2) is 0 Å². The molecule has 2 aliphatic carbocycles. The highest BCUT2D eigenvalue weighted by Gasteiger charge is 2.53. The minimum absolute atomic E-state index is 0.0323. The van der Waals surface area contributed by atoms with Crippen LogP contribution in [0.1, 0.15) is 68.8 Å². The van der Waals surface area contributed by atoms with E-state index in [0.29, 0.717) is 30.2 Å². The molecular formula is C32H42N2O4. The van der Waals surface area contributed by atoms with Crippen molar-refractivity contribution in [3.05, 3.63) is 65.7 Å². The van der Waals surface area contributed by atoms with Crippen LogP contribution in [0.25, 0.3) is 0 Å². The lowest BCUT2D eigenvalue weighted by atomic mass is 9.56. The summed E-state index contributed by atoms with van der Waals surface area (Å²) in [5.74, 6) is 1.40. The molecule has 6 heteroatoms. The third-order valence-electron chi connectivity index (χ3n) is 8.78. The van der Waals surface area contributed by atoms with Crippen molar-refractivity contribution in [1.29, 1.82) is 0 Å². The molecule has 0 spiro atoms. The van der Waals surface area contributed by atoms with Gasteiger partial charge in [0.1, 0.15) is 5.75 Å². The number of aliphatic hydroxyl groups excluding tert-OH is 1. The van der Waals surface area contributed by atoms with Crippen LogP contribution in [0.2, 0.25) is 0 Å². The van der Waals surface area contributed by atoms with E-state index in [-0.39, 0.29) is 29.3 Å². The van der Waals surface area contributed by atoms with Crippen molar-refractivity contribution in [2.24, 2.45) is 17.8 Å². The van der Waals surface area contributed by atoms with Crippen LogP contribution in [0.3, 0.4) is 0 Å². The fourth-order valence-corrected chi connectivity index (χ4v) is 6.90. The van der Waals surface area contributed by atoms with Crippen LogP contribution in [-0.4, -0.2) is 65.1 Å². The Balaban J connectivity index is 1.51. The standard InChI is InChI=1S/C32H42N2O4/c1-22(2)19-34(31(37)25-8-5-4-6-9-25)27-17-30(36)29-21-33(20-24-12-13-24)15-14-32(29,18-27)26-10-7-11-28(16-26)38-23(3)35/h4-11,16,22,24,27,29-30,36H,12-15,17-21H2,1-3H3. The Bertz CT molecular complexity index is 1130. The average Bonchev–Trinajstić information content (AvgIpc) is 3.71. The van der Waals surface area contributed by atoms with Gasteiger partial charge in [-0.3, -0.25) is 9.59 Å². The number of carbonyl (C=O) groups excluding carboxylic acids is 2. The molecule has 5 rings (SSSR count). The number of likely N-dealkylation sites (tertiary alicyclic amines) is 1. The van der Waals surface area contributed by atoms with Crippen LogP contribution in [0.15, 0.2) is 54.6 Å². The maximum absolute atomic E-state index is 13.8. The van der Waals surface area contributed by atoms with Crippen LogP contribution in [0, 0.1) is 17.8 Å². The zero-order valence-electron chi connectivity index (χ0n) is 23.0. The van der Waals surface area contributed by atoms with Crippen molar-refractivity contribution >= 4 is 11.9 Å². The predicted molar refractivity (Wildman–Crippen MR) is 148 cm³/mol. The third kappa shape index (κ3) is 5.81. The van der Waals surface area contributed by atoms with Crippen LogP contribution in [0.5, 0.6) is 5.75 Å². The highest BCUT2D eigenvalue weighted by Crippen LogP contribution is 2.51. The molecule has 0 radical (unpaired) electrons. The van der Waals surface area contributed by atoms with E-state index in [9.17, 15) is 14.7 Å². The molecule has 2 aromatic rings. The fraction of sp³-hybridized carbons (Fsp3) is 0.562. The number of esters is 1. The minimum atomic E-state index is -0.522. The van der Waals surface area contributed by atoms with Crippen LogP contribution < -0.4 is 4.74 Å². The van der Waals surface area contributed by atoms with Crippen molar-refractivity contribution in [2.75, 3.05) is 26.2 Å². The summed E-state index contributed by atoms with van der Waals surface area (Å²) < 4.78 is 5.48. The highest BCUT2D eigenvalue weighted by atomic mass is 16.5. The molecule has 3 aliphatic rings. The highest BCUT2D eigenvalue weighted by molar-refractivity contribution is 5.94. The van der Waals surface area contributed by atoms with E-state index in [1.54, 1.807) is 0 Å². The van der Waals surface area contributed by atoms with Gasteiger partial charge in [-0.15, -0.1) is 0 Å². The number of rotatable bonds is 8. The molecule has 204 valence electrons. The molecule has 1 heterocycles. The van der Waals surface area contributed by atoms with E-state index >= 15 is 0 Å². The summed E-state index contributed by atoms with van der Waals surface area (Å²) in [6, 6.07) is 17.3. The Kier molecular flexibility index (Phi) is 7.92. The number of ether oxygens (including phenoxy) is 1. The zero-order chi connectivity index (χ0) is 26.9. The summed E-state index contributed by atoms with van der Waals surface area (Å²) in [5, 5.41) is 11.8. The molecule has 1 N–H and O–H groups in total. The minimum Gasteiger partial charge on any atom is -0.427 e. The second kappa shape index (κ2) is 11.2. The number of aliphatic hydroxyl groups is 1. The van der Waals surface area contributed by atoms with Crippen LogP contribution in [-0.2, 0) is 10.2 Å². The Morgan fingerprint density at radius 2 is 1.89 bits per heavy atom. The number of hydrogen-bond donors (Lipinski definition) is 1. The summed E-state index contributed by atoms with van der Waals surface area (Å²) >= 11 is 0. The molecule has 2 aromatic carbocycles. The zero-order valence-corrected chi connectivity index (χ0v) is 23.0. The van der Waals surface area contributed by atoms with Crippen molar-refractivity contribution < 1.29 is 19.4 Å². The Morgan fingerprint density at radius 3 is 2.58 bits per heavy atom. The SMILES string of the molecule is CC(=O)Oc1cccc(C23CCN(CC4CC4)CC2C(O)CC(N(CC(C)C)C(=O)c2ccccc2)C3)c1. The van der Waals surface area contributed by atoms with E-state index in [2.05, 4.69) is 24.8 Å². The monoisotopic (exact) mass is 518 g/mol. The number of hydrogen-bond acceptors (Lipinski definition) is 5. The van der Waals surface area contributed by atoms with Gasteiger partial charge in [0, 0.05) is 49.5 Å². The largest absolute Gasteiger partial charge is 0.427 e. The maximum Gasteiger partial charge on any atom is 0.308 e. The summed E-state index contributed by atoms with van der Waals surface area (Å²) in [4.78, 5) is 30.1. The van der Waals surface area contributed by atoms with Crippen LogP contribution >= 0.6 is 0 Å². The van der Waals surface area contributed by atoms with Crippen molar-refractivity contribution in [3.8, 4) is 5.75 Å². The third-order valence-corrected chi connectivity index (χ3v) is 8.78. The van der Waals surface area contributed by atoms with Gasteiger partial charge in [0.2, 0.25) is 0 Å². The van der Waals surface area contributed by atoms with Gasteiger partial charge < -0.3 is 19.6 Å². The summed E-state index contributed by atoms with van der Waals surface area (Å²) in [7, 11) is 0. The van der Waals surface area contributed by atoms with E-state index in [4.69, 9.17) is 4.74 Å². The number of carbonyl (C=O) groups is 2. The number of piperidine rings is 1. The molecular weight excluding hydrogens is 476 g/mol. The molecule has 1 aliphatic heterocycles. The van der Waals surface area contributed by atoms with Gasteiger partial charge in [-0.05, 0) is 80.3 Å². The lowest BCUT2D eigenvalue weighted by Gasteiger charge is -2.56. The molecule has 38 heavy (non-hydrogen) atoms. The Morgan fingerprint density at radius 1 is 1.13 bits per heavy atom. The Labute approximate surface area is 227 Å². The van der Waals surface area contributed by atoms with E-state index in [1.165, 1.54) is 19.8 Å². The van der Waals surface area contributed by atoms with Gasteiger partial charge >= 0.3 is 5.97 Å². The van der Waals surface area contributed by atoms with E-state index in [1.807, 2.05) is 53.4 Å². The number of fused-ring (bicyclic) bond motifs is 1. The Hall–Kier alpha value is -2.70. The molecule has 1 amide bonds. The number of benzene rings is 2. The predicted octanol–water partition coefficient (Wildman–Crippen LogP) is 4.90. The second-order valence-corrected chi connectivity index (χ2v) is 12.2. The van der Waals surface area contributed by atoms with Crippen LogP contribution in [0.4, 0.5) is 0 Å². The first kappa shape index (κ1) is 26.9. The summed E-state index contributed by atoms with van der Waals surface area (Å²) in [6.45, 7) is 9.29. The van der Waals surface area contributed by atoms with E-state index < -0.39 is 6.10 Å². The van der Waals surface area contributed by atoms with Gasteiger partial charge in [-0.25, -0.2) is 0 Å². The lowest BCUT2D eigenvalue weighted by Crippen LogP contribution is -2.61. The molecule has 6 nitrogen and oxygen atoms in total. The molecule has 0 aromatic heterocycles. The number of amides is 1. The molecule has 0 bridgehead atoms. The molecule has 1 saturated heterocycles. The fourth-order valence-electron chi connectivity index (χ4n) is 6.90. The first-order chi connectivity index (χ1) is 18.2. The summed E-state index contributed by atoms with van der Waals surface area (Å²) in [5.41, 5.74) is 1.49. The van der Waals surface area contributed by atoms with Gasteiger partial charge in [0.25, 0.3) is 5.91 Å². The molecule has 4 atom stereocenters. The first-order valence-corrected chi connectivity index (χ1v) is 14.3. The topological polar surface area (TPSA) is 70.1 Å². The average molecular weight is 519 g/mol. The number of nitrogens with zero attached hydrogens (tertiary/aromatic N) is 2. The quantitative estimate of drug-likeness (QED) is 0.398. The van der Waals surface area contributed by atoms with E-state index in [0.717, 1.165) is 44.0 Å². The first-order valence-electron chi connectivity index (χ1n) is 14.3. The molecule has 2 saturated carbocycles. The van der Waals surface area contributed by atoms with Crippen molar-refractivity contribution in [3.63, 3.8) is 0 Å². The second-order valence-electron chi connectivity index (χ2n) is 12.2. The van der Waals surface area contributed by atoms with Crippen molar-refractivity contribution in [2.45, 2.75) is 70.4 Å². The lowest BCUT2D eigenvalue weighted by molar-refractivity contribution is -0.131. The van der Waals surface area contributed by atoms with Crippen molar-refractivity contribution in [1.82, 2.24) is 9.80 Å². The normalized spacial score (nSPS) is 27.6.